The molecule has 0 saturated carbocycles. The van der Waals surface area contributed by atoms with Gasteiger partial charge in [-0.2, -0.15) is 0 Å². The first-order chi connectivity index (χ1) is 9.51. The van der Waals surface area contributed by atoms with E-state index in [1.54, 1.807) is 12.1 Å². The van der Waals surface area contributed by atoms with Crippen molar-refractivity contribution in [2.24, 2.45) is 0 Å². The summed E-state index contributed by atoms with van der Waals surface area (Å²) >= 11 is 0. The lowest BCUT2D eigenvalue weighted by Crippen LogP contribution is -2.55. The van der Waals surface area contributed by atoms with E-state index in [4.69, 9.17) is 0 Å². The van der Waals surface area contributed by atoms with Crippen molar-refractivity contribution in [1.29, 1.82) is 0 Å². The Balaban J connectivity index is 2.17. The molecular weight excluding hydrogens is 253 g/mol. The molecule has 2 rings (SSSR count). The number of likely N-dealkylation sites (N-methyl/N-ethyl adjacent to an activating group) is 1. The van der Waals surface area contributed by atoms with Gasteiger partial charge in [0.15, 0.2) is 0 Å². The number of nitrogens with zero attached hydrogens (tertiary/aromatic N) is 2. The van der Waals surface area contributed by atoms with Crippen molar-refractivity contribution < 1.29 is 4.39 Å². The molecule has 1 aromatic rings. The lowest BCUT2D eigenvalue weighted by atomic mass is 10.1. The van der Waals surface area contributed by atoms with Gasteiger partial charge in [-0.15, -0.1) is 0 Å². The average molecular weight is 279 g/mol. The Hall–Kier alpha value is -1.13. The minimum Gasteiger partial charge on any atom is -0.368 e. The van der Waals surface area contributed by atoms with Crippen molar-refractivity contribution >= 4 is 5.69 Å². The molecule has 1 aliphatic heterocycles. The predicted molar refractivity (Wildman–Crippen MR) is 82.7 cm³/mol. The maximum absolute atomic E-state index is 13.8. The van der Waals surface area contributed by atoms with Crippen LogP contribution in [0.25, 0.3) is 0 Å². The summed E-state index contributed by atoms with van der Waals surface area (Å²) in [5.41, 5.74) is 2.02. The summed E-state index contributed by atoms with van der Waals surface area (Å²) in [6.45, 7) is 10.0. The van der Waals surface area contributed by atoms with Crippen molar-refractivity contribution in [3.8, 4) is 0 Å². The van der Waals surface area contributed by atoms with Gasteiger partial charge < -0.3 is 10.2 Å². The third kappa shape index (κ3) is 3.49. The molecule has 20 heavy (non-hydrogen) atoms. The molecule has 112 valence electrons. The van der Waals surface area contributed by atoms with Crippen LogP contribution in [0.5, 0.6) is 0 Å². The molecule has 0 aromatic heterocycles. The molecule has 1 fully saturated rings. The maximum Gasteiger partial charge on any atom is 0.125 e. The van der Waals surface area contributed by atoms with E-state index in [1.165, 1.54) is 0 Å². The summed E-state index contributed by atoms with van der Waals surface area (Å²) in [6.07, 6.45) is 0. The topological polar surface area (TPSA) is 18.5 Å². The maximum atomic E-state index is 13.8. The van der Waals surface area contributed by atoms with Crippen LogP contribution in [-0.2, 0) is 6.54 Å². The number of piperazine rings is 1. The highest BCUT2D eigenvalue weighted by Crippen LogP contribution is 2.23. The Labute approximate surface area is 121 Å². The number of halogens is 1. The molecule has 1 aliphatic rings. The molecule has 1 N–H and O–H groups in total. The van der Waals surface area contributed by atoms with Crippen LogP contribution in [0.3, 0.4) is 0 Å². The Morgan fingerprint density at radius 1 is 1.20 bits per heavy atom. The number of hydrogen-bond acceptors (Lipinski definition) is 3. The molecule has 0 spiro atoms. The van der Waals surface area contributed by atoms with Gasteiger partial charge in [0.05, 0.1) is 0 Å². The zero-order valence-corrected chi connectivity index (χ0v) is 13.0. The molecule has 3 nitrogen and oxygen atoms in total. The van der Waals surface area contributed by atoms with Gasteiger partial charge in [-0.3, -0.25) is 4.90 Å². The minimum atomic E-state index is -0.144. The molecule has 2 unspecified atom stereocenters. The summed E-state index contributed by atoms with van der Waals surface area (Å²) in [7, 11) is 2.16. The summed E-state index contributed by atoms with van der Waals surface area (Å²) in [6, 6.07) is 6.35. The van der Waals surface area contributed by atoms with Crippen LogP contribution < -0.4 is 10.2 Å². The monoisotopic (exact) mass is 279 g/mol. The van der Waals surface area contributed by atoms with E-state index < -0.39 is 0 Å². The molecule has 0 bridgehead atoms. The fourth-order valence-corrected chi connectivity index (χ4v) is 2.80. The van der Waals surface area contributed by atoms with E-state index in [2.05, 4.69) is 49.0 Å². The third-order valence-electron chi connectivity index (χ3n) is 4.25. The second-order valence-corrected chi connectivity index (χ2v) is 5.87. The van der Waals surface area contributed by atoms with Crippen LogP contribution in [-0.4, -0.2) is 43.7 Å². The molecule has 1 aromatic carbocycles. The van der Waals surface area contributed by atoms with Crippen molar-refractivity contribution in [2.75, 3.05) is 31.6 Å². The first-order valence-electron chi connectivity index (χ1n) is 7.48. The van der Waals surface area contributed by atoms with Gasteiger partial charge in [0.25, 0.3) is 0 Å². The van der Waals surface area contributed by atoms with Gasteiger partial charge in [-0.1, -0.05) is 6.92 Å². The fourth-order valence-electron chi connectivity index (χ4n) is 2.80. The van der Waals surface area contributed by atoms with E-state index in [-0.39, 0.29) is 5.82 Å². The van der Waals surface area contributed by atoms with Crippen LogP contribution in [0.4, 0.5) is 10.1 Å². The van der Waals surface area contributed by atoms with E-state index in [1.807, 2.05) is 0 Å². The molecule has 0 amide bonds. The molecule has 0 aliphatic carbocycles. The normalized spacial score (nSPS) is 24.1. The van der Waals surface area contributed by atoms with Crippen molar-refractivity contribution in [2.45, 2.75) is 39.4 Å². The van der Waals surface area contributed by atoms with Crippen LogP contribution in [0, 0.1) is 5.82 Å². The van der Waals surface area contributed by atoms with Gasteiger partial charge in [-0.25, -0.2) is 4.39 Å². The summed E-state index contributed by atoms with van der Waals surface area (Å²) in [4.78, 5) is 4.68. The zero-order valence-electron chi connectivity index (χ0n) is 13.0. The number of benzene rings is 1. The SMILES string of the molecule is CCNCc1cc(F)cc(N2CC(C)N(C)C(C)C2)c1. The highest BCUT2D eigenvalue weighted by atomic mass is 19.1. The average Bonchev–Trinajstić information content (AvgIpc) is 2.41. The third-order valence-corrected chi connectivity index (χ3v) is 4.25. The van der Waals surface area contributed by atoms with Gasteiger partial charge in [0.2, 0.25) is 0 Å². The smallest absolute Gasteiger partial charge is 0.125 e. The standard InChI is InChI=1S/C16H26FN3/c1-5-18-9-14-6-15(17)8-16(7-14)20-10-12(2)19(4)13(3)11-20/h6-8,12-13,18H,5,9-11H2,1-4H3. The first kappa shape index (κ1) is 15.3. The minimum absolute atomic E-state index is 0.144. The van der Waals surface area contributed by atoms with Gasteiger partial charge in [0, 0.05) is 37.4 Å². The largest absolute Gasteiger partial charge is 0.368 e. The first-order valence-corrected chi connectivity index (χ1v) is 7.48. The Kier molecular flexibility index (Phi) is 5.00. The molecule has 0 radical (unpaired) electrons. The van der Waals surface area contributed by atoms with Gasteiger partial charge in [0.1, 0.15) is 5.82 Å². The predicted octanol–water partition coefficient (Wildman–Crippen LogP) is 2.46. The highest BCUT2D eigenvalue weighted by molar-refractivity contribution is 5.50. The van der Waals surface area contributed by atoms with Gasteiger partial charge >= 0.3 is 0 Å². The Morgan fingerprint density at radius 3 is 2.45 bits per heavy atom. The fraction of sp³-hybridized carbons (Fsp3) is 0.625. The van der Waals surface area contributed by atoms with Crippen LogP contribution >= 0.6 is 0 Å². The molecular formula is C16H26FN3. The molecule has 2 atom stereocenters. The van der Waals surface area contributed by atoms with Crippen molar-refractivity contribution in [3.63, 3.8) is 0 Å². The quantitative estimate of drug-likeness (QED) is 0.913. The highest BCUT2D eigenvalue weighted by Gasteiger charge is 2.26. The van der Waals surface area contributed by atoms with Crippen molar-refractivity contribution in [3.05, 3.63) is 29.6 Å². The Bertz CT molecular complexity index is 437. The number of nitrogens with one attached hydrogen (secondary N) is 1. The Morgan fingerprint density at radius 2 is 1.85 bits per heavy atom. The van der Waals surface area contributed by atoms with E-state index in [0.717, 1.165) is 37.4 Å². The zero-order chi connectivity index (χ0) is 14.7. The van der Waals surface area contributed by atoms with E-state index in [0.29, 0.717) is 12.1 Å². The number of anilines is 1. The molecule has 4 heteroatoms. The van der Waals surface area contributed by atoms with E-state index in [9.17, 15) is 4.39 Å². The second-order valence-electron chi connectivity index (χ2n) is 5.87. The second kappa shape index (κ2) is 6.55. The van der Waals surface area contributed by atoms with E-state index >= 15 is 0 Å². The lowest BCUT2D eigenvalue weighted by molar-refractivity contribution is 0.170. The lowest BCUT2D eigenvalue weighted by Gasteiger charge is -2.43. The summed E-state index contributed by atoms with van der Waals surface area (Å²) in [5, 5.41) is 3.25. The van der Waals surface area contributed by atoms with Crippen LogP contribution in [0.15, 0.2) is 18.2 Å². The van der Waals surface area contributed by atoms with Crippen molar-refractivity contribution in [1.82, 2.24) is 10.2 Å². The summed E-state index contributed by atoms with van der Waals surface area (Å²) in [5.74, 6) is -0.144. The van der Waals surface area contributed by atoms with Crippen LogP contribution in [0.2, 0.25) is 0 Å². The molecule has 1 heterocycles. The molecule has 1 saturated heterocycles. The van der Waals surface area contributed by atoms with Crippen LogP contribution in [0.1, 0.15) is 26.3 Å². The number of hydrogen-bond donors (Lipinski definition) is 1. The number of rotatable bonds is 4. The summed E-state index contributed by atoms with van der Waals surface area (Å²) < 4.78 is 13.8. The van der Waals surface area contributed by atoms with Gasteiger partial charge in [-0.05, 0) is 51.2 Å².